The molecule has 1 fully saturated rings. The molecule has 1 aliphatic rings. The lowest BCUT2D eigenvalue weighted by atomic mass is 10.1. The molecule has 0 spiro atoms. The van der Waals surface area contributed by atoms with Crippen LogP contribution < -0.4 is 4.90 Å². The SMILES string of the molecule is Cc1cc(N2CC(c3nc(-c4cccnc4)no3)CC2=O)ccc1F. The Balaban J connectivity index is 1.56. The first-order valence-electron chi connectivity index (χ1n) is 7.92. The summed E-state index contributed by atoms with van der Waals surface area (Å²) < 4.78 is 18.8. The zero-order chi connectivity index (χ0) is 17.4. The number of amides is 1. The van der Waals surface area contributed by atoms with Gasteiger partial charge in [0.15, 0.2) is 0 Å². The molecular formula is C18H15FN4O2. The molecule has 25 heavy (non-hydrogen) atoms. The van der Waals surface area contributed by atoms with Crippen molar-refractivity contribution in [3.8, 4) is 11.4 Å². The van der Waals surface area contributed by atoms with Crippen molar-refractivity contribution >= 4 is 11.6 Å². The predicted octanol–water partition coefficient (Wildman–Crippen LogP) is 3.10. The zero-order valence-corrected chi connectivity index (χ0v) is 13.5. The summed E-state index contributed by atoms with van der Waals surface area (Å²) in [6.45, 7) is 2.10. The number of pyridine rings is 1. The number of rotatable bonds is 3. The van der Waals surface area contributed by atoms with Crippen LogP contribution in [0.1, 0.15) is 23.8 Å². The van der Waals surface area contributed by atoms with Crippen molar-refractivity contribution in [3.63, 3.8) is 0 Å². The maximum atomic E-state index is 13.4. The normalized spacial score (nSPS) is 17.3. The highest BCUT2D eigenvalue weighted by Gasteiger charge is 2.35. The summed E-state index contributed by atoms with van der Waals surface area (Å²) in [5, 5.41) is 3.97. The van der Waals surface area contributed by atoms with E-state index in [9.17, 15) is 9.18 Å². The molecule has 1 aliphatic heterocycles. The number of anilines is 1. The van der Waals surface area contributed by atoms with Crippen LogP contribution in [-0.4, -0.2) is 27.6 Å². The van der Waals surface area contributed by atoms with Gasteiger partial charge in [-0.3, -0.25) is 9.78 Å². The van der Waals surface area contributed by atoms with Gasteiger partial charge in [0.05, 0.1) is 5.92 Å². The monoisotopic (exact) mass is 338 g/mol. The van der Waals surface area contributed by atoms with E-state index in [0.29, 0.717) is 29.5 Å². The molecule has 4 rings (SSSR count). The minimum absolute atomic E-state index is 0.0443. The van der Waals surface area contributed by atoms with Crippen LogP contribution in [0, 0.1) is 12.7 Å². The van der Waals surface area contributed by atoms with E-state index in [1.807, 2.05) is 6.07 Å². The van der Waals surface area contributed by atoms with Crippen LogP contribution in [0.15, 0.2) is 47.2 Å². The molecule has 1 aromatic carbocycles. The minimum Gasteiger partial charge on any atom is -0.339 e. The summed E-state index contributed by atoms with van der Waals surface area (Å²) in [7, 11) is 0. The quantitative estimate of drug-likeness (QED) is 0.734. The van der Waals surface area contributed by atoms with Gasteiger partial charge in [0.1, 0.15) is 5.82 Å². The second-order valence-corrected chi connectivity index (χ2v) is 6.04. The molecule has 7 heteroatoms. The average molecular weight is 338 g/mol. The number of carbonyl (C=O) groups is 1. The van der Waals surface area contributed by atoms with Gasteiger partial charge in [-0.1, -0.05) is 5.16 Å². The number of aromatic nitrogens is 3. The average Bonchev–Trinajstić information content (AvgIpc) is 3.25. The Morgan fingerprint density at radius 2 is 2.20 bits per heavy atom. The molecule has 0 N–H and O–H groups in total. The highest BCUT2D eigenvalue weighted by atomic mass is 19.1. The van der Waals surface area contributed by atoms with E-state index in [1.54, 1.807) is 42.4 Å². The van der Waals surface area contributed by atoms with Crippen molar-refractivity contribution in [2.45, 2.75) is 19.3 Å². The maximum Gasteiger partial charge on any atom is 0.232 e. The van der Waals surface area contributed by atoms with Gasteiger partial charge in [-0.2, -0.15) is 4.98 Å². The van der Waals surface area contributed by atoms with E-state index in [0.717, 1.165) is 5.56 Å². The lowest BCUT2D eigenvalue weighted by Gasteiger charge is -2.16. The van der Waals surface area contributed by atoms with E-state index in [2.05, 4.69) is 15.1 Å². The molecule has 6 nitrogen and oxygen atoms in total. The molecule has 1 unspecified atom stereocenters. The van der Waals surface area contributed by atoms with Gasteiger partial charge < -0.3 is 9.42 Å². The van der Waals surface area contributed by atoms with Crippen molar-refractivity contribution in [1.82, 2.24) is 15.1 Å². The number of nitrogens with zero attached hydrogens (tertiary/aromatic N) is 4. The Hall–Kier alpha value is -3.09. The first-order chi connectivity index (χ1) is 12.1. The molecule has 3 aromatic rings. The molecule has 2 aromatic heterocycles. The summed E-state index contributed by atoms with van der Waals surface area (Å²) in [6.07, 6.45) is 3.61. The van der Waals surface area contributed by atoms with Gasteiger partial charge >= 0.3 is 0 Å². The zero-order valence-electron chi connectivity index (χ0n) is 13.5. The van der Waals surface area contributed by atoms with E-state index in [1.165, 1.54) is 6.07 Å². The Labute approximate surface area is 143 Å². The Morgan fingerprint density at radius 3 is 2.96 bits per heavy atom. The van der Waals surface area contributed by atoms with Crippen molar-refractivity contribution in [2.75, 3.05) is 11.4 Å². The van der Waals surface area contributed by atoms with E-state index >= 15 is 0 Å². The first-order valence-corrected chi connectivity index (χ1v) is 7.92. The molecule has 1 atom stereocenters. The summed E-state index contributed by atoms with van der Waals surface area (Å²) in [4.78, 5) is 22.4. The van der Waals surface area contributed by atoms with Gasteiger partial charge in [0.25, 0.3) is 0 Å². The molecular weight excluding hydrogens is 323 g/mol. The fourth-order valence-corrected chi connectivity index (χ4v) is 2.93. The second-order valence-electron chi connectivity index (χ2n) is 6.04. The number of hydrogen-bond donors (Lipinski definition) is 0. The van der Waals surface area contributed by atoms with Crippen LogP contribution in [0.3, 0.4) is 0 Å². The number of hydrogen-bond acceptors (Lipinski definition) is 5. The Kier molecular flexibility index (Phi) is 3.76. The standard InChI is InChI=1S/C18H15FN4O2/c1-11-7-14(4-5-15(11)19)23-10-13(8-16(23)24)18-21-17(22-25-18)12-3-2-6-20-9-12/h2-7,9,13H,8,10H2,1H3. The molecule has 0 aliphatic carbocycles. The van der Waals surface area contributed by atoms with Gasteiger partial charge in [0, 0.05) is 36.6 Å². The van der Waals surface area contributed by atoms with Crippen LogP contribution in [0.5, 0.6) is 0 Å². The number of carbonyl (C=O) groups excluding carboxylic acids is 1. The number of halogens is 1. The molecule has 1 saturated heterocycles. The van der Waals surface area contributed by atoms with Gasteiger partial charge in [-0.15, -0.1) is 0 Å². The third-order valence-electron chi connectivity index (χ3n) is 4.29. The molecule has 126 valence electrons. The van der Waals surface area contributed by atoms with Gasteiger partial charge in [0.2, 0.25) is 17.6 Å². The van der Waals surface area contributed by atoms with Crippen LogP contribution >= 0.6 is 0 Å². The van der Waals surface area contributed by atoms with E-state index in [-0.39, 0.29) is 24.1 Å². The first kappa shape index (κ1) is 15.4. The third-order valence-corrected chi connectivity index (χ3v) is 4.29. The molecule has 0 bridgehead atoms. The molecule has 0 saturated carbocycles. The van der Waals surface area contributed by atoms with Crippen LogP contribution in [0.4, 0.5) is 10.1 Å². The number of aryl methyl sites for hydroxylation is 1. The fraction of sp³-hybridized carbons (Fsp3) is 0.222. The van der Waals surface area contributed by atoms with Gasteiger partial charge in [-0.05, 0) is 42.8 Å². The van der Waals surface area contributed by atoms with Gasteiger partial charge in [-0.25, -0.2) is 4.39 Å². The van der Waals surface area contributed by atoms with E-state index < -0.39 is 0 Å². The van der Waals surface area contributed by atoms with Crippen molar-refractivity contribution < 1.29 is 13.7 Å². The van der Waals surface area contributed by atoms with Crippen LogP contribution in [0.2, 0.25) is 0 Å². The molecule has 1 amide bonds. The highest BCUT2D eigenvalue weighted by molar-refractivity contribution is 5.96. The fourth-order valence-electron chi connectivity index (χ4n) is 2.93. The Bertz CT molecular complexity index is 926. The highest BCUT2D eigenvalue weighted by Crippen LogP contribution is 2.32. The van der Waals surface area contributed by atoms with Crippen molar-refractivity contribution in [1.29, 1.82) is 0 Å². The predicted molar refractivity (Wildman–Crippen MR) is 88.4 cm³/mol. The summed E-state index contributed by atoms with van der Waals surface area (Å²) >= 11 is 0. The largest absolute Gasteiger partial charge is 0.339 e. The summed E-state index contributed by atoms with van der Waals surface area (Å²) in [5.74, 6) is 0.359. The minimum atomic E-state index is -0.287. The molecule has 0 radical (unpaired) electrons. The topological polar surface area (TPSA) is 72.1 Å². The second kappa shape index (κ2) is 6.08. The smallest absolute Gasteiger partial charge is 0.232 e. The lowest BCUT2D eigenvalue weighted by Crippen LogP contribution is -2.24. The Morgan fingerprint density at radius 1 is 1.32 bits per heavy atom. The summed E-state index contributed by atoms with van der Waals surface area (Å²) in [6, 6.07) is 8.29. The van der Waals surface area contributed by atoms with Crippen LogP contribution in [0.25, 0.3) is 11.4 Å². The number of benzene rings is 1. The molecule has 3 heterocycles. The van der Waals surface area contributed by atoms with Crippen molar-refractivity contribution in [3.05, 3.63) is 60.0 Å². The van der Waals surface area contributed by atoms with E-state index in [4.69, 9.17) is 4.52 Å². The maximum absolute atomic E-state index is 13.4. The van der Waals surface area contributed by atoms with Crippen molar-refractivity contribution in [2.24, 2.45) is 0 Å². The lowest BCUT2D eigenvalue weighted by molar-refractivity contribution is -0.117. The third kappa shape index (κ3) is 2.88. The summed E-state index contributed by atoms with van der Waals surface area (Å²) in [5.41, 5.74) is 1.94. The van der Waals surface area contributed by atoms with Crippen LogP contribution in [-0.2, 0) is 4.79 Å².